The molecule has 6 heterocycles. The van der Waals surface area contributed by atoms with E-state index in [4.69, 9.17) is 16.2 Å². The Balaban J connectivity index is 0.000000154. The monoisotopic (exact) mass is 443 g/mol. The van der Waals surface area contributed by atoms with Crippen LogP contribution in [0.25, 0.3) is 22.4 Å². The lowest BCUT2D eigenvalue weighted by molar-refractivity contribution is -0.126. The number of anilines is 2. The average molecular weight is 443 g/mol. The molecule has 0 aromatic carbocycles. The highest BCUT2D eigenvalue weighted by Gasteiger charge is 2.39. The lowest BCUT2D eigenvalue weighted by Crippen LogP contribution is -2.55. The minimum atomic E-state index is -2.46. The summed E-state index contributed by atoms with van der Waals surface area (Å²) in [5.74, 6) is -2.00. The Hall–Kier alpha value is -3.38. The van der Waals surface area contributed by atoms with Crippen LogP contribution >= 0.6 is 0 Å². The number of hydrogen-bond acceptors (Lipinski definition) is 8. The van der Waals surface area contributed by atoms with Crippen LogP contribution in [0.3, 0.4) is 0 Å². The third-order valence-corrected chi connectivity index (χ3v) is 5.65. The summed E-state index contributed by atoms with van der Waals surface area (Å²) < 4.78 is 34.1. The van der Waals surface area contributed by atoms with E-state index in [0.717, 1.165) is 23.4 Å². The number of fused-ring (bicyclic) bond motifs is 2. The number of nitrogens with zero attached hydrogens (tertiary/aromatic N) is 7. The Morgan fingerprint density at radius 3 is 2.62 bits per heavy atom. The molecule has 0 amide bonds. The number of rotatable bonds is 2. The number of nitrogen functional groups attached to an aromatic ring is 2. The molecular formula is C20H23F2N9O. The number of likely N-dealkylation sites (tertiary alicyclic amines) is 1. The van der Waals surface area contributed by atoms with Crippen molar-refractivity contribution in [3.05, 3.63) is 36.8 Å². The van der Waals surface area contributed by atoms with Crippen molar-refractivity contribution in [2.75, 3.05) is 37.8 Å². The molecule has 4 aromatic heterocycles. The molecule has 4 N–H and O–H groups in total. The molecule has 168 valence electrons. The molecule has 0 saturated carbocycles. The van der Waals surface area contributed by atoms with Crippen molar-refractivity contribution in [2.24, 2.45) is 0 Å². The van der Waals surface area contributed by atoms with Crippen molar-refractivity contribution in [2.45, 2.75) is 24.8 Å². The second kappa shape index (κ2) is 7.95. The molecule has 2 aliphatic rings. The molecular weight excluding hydrogens is 420 g/mol. The van der Waals surface area contributed by atoms with Gasteiger partial charge in [-0.2, -0.15) is 10.1 Å². The van der Waals surface area contributed by atoms with Gasteiger partial charge in [0.15, 0.2) is 11.5 Å². The molecule has 0 radical (unpaired) electrons. The predicted octanol–water partition coefficient (Wildman–Crippen LogP) is 1.72. The van der Waals surface area contributed by atoms with Gasteiger partial charge < -0.3 is 16.2 Å². The standard InChI is InChI=1S/C12H10N8.C8H13F2NO/c13-11-10-7(2-5-20(10)18-12(14)17-11)8-3-6-19-9(16-8)1-4-15-19;9-8(10)2-1-3-11(6-8)7-4-12-5-7/h1-6H,(H4,13,14,17,18);7H,1-6H2. The fourth-order valence-electron chi connectivity index (χ4n) is 3.98. The number of halogens is 2. The van der Waals surface area contributed by atoms with Gasteiger partial charge in [0.2, 0.25) is 5.95 Å². The quantitative estimate of drug-likeness (QED) is 0.480. The summed E-state index contributed by atoms with van der Waals surface area (Å²) >= 11 is 0. The highest BCUT2D eigenvalue weighted by atomic mass is 19.3. The molecule has 0 unspecified atom stereocenters. The van der Waals surface area contributed by atoms with Crippen LogP contribution in [0.15, 0.2) is 36.8 Å². The zero-order chi connectivity index (χ0) is 22.3. The van der Waals surface area contributed by atoms with Gasteiger partial charge in [-0.15, -0.1) is 5.10 Å². The zero-order valence-corrected chi connectivity index (χ0v) is 17.2. The van der Waals surface area contributed by atoms with E-state index in [-0.39, 0.29) is 25.0 Å². The van der Waals surface area contributed by atoms with Gasteiger partial charge in [0, 0.05) is 30.4 Å². The lowest BCUT2D eigenvalue weighted by atomic mass is 10.0. The smallest absolute Gasteiger partial charge is 0.260 e. The van der Waals surface area contributed by atoms with E-state index in [9.17, 15) is 8.78 Å². The van der Waals surface area contributed by atoms with E-state index in [1.165, 1.54) is 0 Å². The average Bonchev–Trinajstić information content (AvgIpc) is 3.32. The van der Waals surface area contributed by atoms with Gasteiger partial charge in [-0.05, 0) is 25.1 Å². The highest BCUT2D eigenvalue weighted by Crippen LogP contribution is 2.29. The first kappa shape index (κ1) is 20.5. The molecule has 6 rings (SSSR count). The minimum Gasteiger partial charge on any atom is -0.382 e. The molecule has 2 aliphatic heterocycles. The lowest BCUT2D eigenvalue weighted by Gasteiger charge is -2.41. The van der Waals surface area contributed by atoms with Gasteiger partial charge >= 0.3 is 0 Å². The van der Waals surface area contributed by atoms with E-state index in [2.05, 4.69) is 20.2 Å². The molecule has 2 saturated heterocycles. The predicted molar refractivity (Wildman–Crippen MR) is 114 cm³/mol. The van der Waals surface area contributed by atoms with Gasteiger partial charge in [-0.3, -0.25) is 4.90 Å². The number of piperidine rings is 1. The van der Waals surface area contributed by atoms with E-state index in [1.54, 1.807) is 21.4 Å². The first-order valence-electron chi connectivity index (χ1n) is 10.3. The Labute approximate surface area is 181 Å². The van der Waals surface area contributed by atoms with Crippen molar-refractivity contribution in [3.63, 3.8) is 0 Å². The van der Waals surface area contributed by atoms with Crippen LogP contribution in [0.2, 0.25) is 0 Å². The summed E-state index contributed by atoms with van der Waals surface area (Å²) in [7, 11) is 0. The molecule has 0 spiro atoms. The maximum absolute atomic E-state index is 12.9. The molecule has 0 aliphatic carbocycles. The third kappa shape index (κ3) is 3.94. The molecule has 0 atom stereocenters. The van der Waals surface area contributed by atoms with Crippen molar-refractivity contribution in [1.29, 1.82) is 0 Å². The minimum absolute atomic E-state index is 0.0527. The largest absolute Gasteiger partial charge is 0.382 e. The van der Waals surface area contributed by atoms with Crippen molar-refractivity contribution in [1.82, 2.24) is 34.1 Å². The number of hydrogen-bond donors (Lipinski definition) is 2. The first-order valence-corrected chi connectivity index (χ1v) is 10.3. The van der Waals surface area contributed by atoms with E-state index in [1.807, 2.05) is 29.3 Å². The van der Waals surface area contributed by atoms with Gasteiger partial charge in [0.25, 0.3) is 5.92 Å². The van der Waals surface area contributed by atoms with E-state index < -0.39 is 5.92 Å². The van der Waals surface area contributed by atoms with Gasteiger partial charge in [0.1, 0.15) is 5.52 Å². The molecule has 12 heteroatoms. The molecule has 2 fully saturated rings. The normalized spacial score (nSPS) is 18.9. The van der Waals surface area contributed by atoms with Gasteiger partial charge in [-0.1, -0.05) is 0 Å². The van der Waals surface area contributed by atoms with E-state index in [0.29, 0.717) is 31.0 Å². The molecule has 4 aromatic rings. The SMILES string of the molecule is FC1(F)CCCN(C2COC2)C1.Nc1nc(N)c2c(-c3ccn4nccc4n3)ccn2n1. The van der Waals surface area contributed by atoms with Gasteiger partial charge in [-0.25, -0.2) is 22.8 Å². The second-order valence-corrected chi connectivity index (χ2v) is 7.95. The number of alkyl halides is 2. The summed E-state index contributed by atoms with van der Waals surface area (Å²) in [6, 6.07) is 5.84. The number of ether oxygens (including phenoxy) is 1. The van der Waals surface area contributed by atoms with Crippen molar-refractivity contribution in [3.8, 4) is 11.3 Å². The van der Waals surface area contributed by atoms with Gasteiger partial charge in [0.05, 0.1) is 37.7 Å². The summed E-state index contributed by atoms with van der Waals surface area (Å²) in [6.45, 7) is 2.01. The van der Waals surface area contributed by atoms with E-state index >= 15 is 0 Å². The summed E-state index contributed by atoms with van der Waals surface area (Å²) in [6.07, 6.45) is 5.99. The Morgan fingerprint density at radius 1 is 1.06 bits per heavy atom. The third-order valence-electron chi connectivity index (χ3n) is 5.65. The Kier molecular flexibility index (Phi) is 5.10. The van der Waals surface area contributed by atoms with Crippen LogP contribution in [0.5, 0.6) is 0 Å². The molecule has 0 bridgehead atoms. The first-order chi connectivity index (χ1) is 15.4. The van der Waals surface area contributed by atoms with Crippen LogP contribution in [0, 0.1) is 0 Å². The topological polar surface area (TPSA) is 125 Å². The van der Waals surface area contributed by atoms with Crippen LogP contribution < -0.4 is 11.5 Å². The Morgan fingerprint density at radius 2 is 1.88 bits per heavy atom. The summed E-state index contributed by atoms with van der Waals surface area (Å²) in [5.41, 5.74) is 14.6. The highest BCUT2D eigenvalue weighted by molar-refractivity contribution is 5.86. The fourth-order valence-corrected chi connectivity index (χ4v) is 3.98. The summed E-state index contributed by atoms with van der Waals surface area (Å²) in [4.78, 5) is 10.4. The molecule has 10 nitrogen and oxygen atoms in total. The zero-order valence-electron chi connectivity index (χ0n) is 17.2. The van der Waals surface area contributed by atoms with Crippen molar-refractivity contribution >= 4 is 22.9 Å². The molecule has 32 heavy (non-hydrogen) atoms. The van der Waals surface area contributed by atoms with Crippen LogP contribution in [-0.4, -0.2) is 72.4 Å². The maximum Gasteiger partial charge on any atom is 0.260 e. The number of nitrogens with two attached hydrogens (primary N) is 2. The summed E-state index contributed by atoms with van der Waals surface area (Å²) in [5, 5.41) is 8.21. The van der Waals surface area contributed by atoms with Crippen LogP contribution in [0.4, 0.5) is 20.5 Å². The van der Waals surface area contributed by atoms with Crippen LogP contribution in [-0.2, 0) is 4.74 Å². The Bertz CT molecular complexity index is 1250. The maximum atomic E-state index is 12.9. The van der Waals surface area contributed by atoms with Crippen LogP contribution in [0.1, 0.15) is 12.8 Å². The number of aromatic nitrogens is 6. The fraction of sp³-hybridized carbons (Fsp3) is 0.400. The second-order valence-electron chi connectivity index (χ2n) is 7.95. The van der Waals surface area contributed by atoms with Crippen molar-refractivity contribution < 1.29 is 13.5 Å².